The first-order chi connectivity index (χ1) is 16.4. The van der Waals surface area contributed by atoms with Crippen LogP contribution in [-0.2, 0) is 16.0 Å². The minimum Gasteiger partial charge on any atom is -0.330 e. The van der Waals surface area contributed by atoms with Gasteiger partial charge in [-0.3, -0.25) is 9.59 Å². The second-order valence-electron chi connectivity index (χ2n) is 8.95. The summed E-state index contributed by atoms with van der Waals surface area (Å²) in [5.41, 5.74) is 2.89. The van der Waals surface area contributed by atoms with E-state index in [0.717, 1.165) is 23.1 Å². The van der Waals surface area contributed by atoms with E-state index < -0.39 is 0 Å². The lowest BCUT2D eigenvalue weighted by Gasteiger charge is -2.37. The fourth-order valence-corrected chi connectivity index (χ4v) is 5.26. The molecule has 2 amide bonds. The summed E-state index contributed by atoms with van der Waals surface area (Å²) in [6, 6.07) is 17.8. The predicted molar refractivity (Wildman–Crippen MR) is 135 cm³/mol. The summed E-state index contributed by atoms with van der Waals surface area (Å²) in [5, 5.41) is 2.04. The monoisotopic (exact) mass is 476 g/mol. The summed E-state index contributed by atoms with van der Waals surface area (Å²) in [4.78, 5) is 31.3. The lowest BCUT2D eigenvalue weighted by atomic mass is 9.93. The quantitative estimate of drug-likeness (QED) is 0.419. The fraction of sp³-hybridized carbons (Fsp3) is 0.286. The van der Waals surface area contributed by atoms with E-state index in [2.05, 4.69) is 0 Å². The van der Waals surface area contributed by atoms with Gasteiger partial charge >= 0.3 is 0 Å². The highest BCUT2D eigenvalue weighted by atomic mass is 32.1. The van der Waals surface area contributed by atoms with Crippen molar-refractivity contribution < 1.29 is 14.0 Å². The molecule has 4 nitrogen and oxygen atoms in total. The van der Waals surface area contributed by atoms with E-state index in [4.69, 9.17) is 0 Å². The molecule has 34 heavy (non-hydrogen) atoms. The number of amides is 2. The Kier molecular flexibility index (Phi) is 7.58. The first kappa shape index (κ1) is 23.9. The number of thiophene rings is 1. The molecule has 1 unspecified atom stereocenters. The molecule has 1 aromatic heterocycles. The van der Waals surface area contributed by atoms with Crippen molar-refractivity contribution in [2.45, 2.75) is 26.3 Å². The van der Waals surface area contributed by atoms with Gasteiger partial charge in [-0.2, -0.15) is 0 Å². The molecule has 0 N–H and O–H groups in total. The zero-order valence-corrected chi connectivity index (χ0v) is 20.3. The van der Waals surface area contributed by atoms with E-state index in [1.165, 1.54) is 23.1 Å². The van der Waals surface area contributed by atoms with Gasteiger partial charge in [0.05, 0.1) is 6.04 Å². The molecular weight excluding hydrogens is 447 g/mol. The smallest absolute Gasteiger partial charge is 0.247 e. The van der Waals surface area contributed by atoms with E-state index in [9.17, 15) is 14.0 Å². The number of nitrogens with zero attached hydrogens (tertiary/aromatic N) is 2. The molecule has 1 aliphatic heterocycles. The number of carbonyl (C=O) groups excluding carboxylic acids is 2. The molecule has 2 aromatic carbocycles. The van der Waals surface area contributed by atoms with Crippen LogP contribution in [0.25, 0.3) is 6.08 Å². The van der Waals surface area contributed by atoms with Crippen molar-refractivity contribution >= 4 is 29.2 Å². The lowest BCUT2D eigenvalue weighted by molar-refractivity contribution is -0.140. The van der Waals surface area contributed by atoms with Crippen LogP contribution in [0.1, 0.15) is 41.5 Å². The Morgan fingerprint density at radius 1 is 1.12 bits per heavy atom. The maximum absolute atomic E-state index is 13.6. The zero-order chi connectivity index (χ0) is 24.1. The third-order valence-electron chi connectivity index (χ3n) is 5.91. The third-order valence-corrected chi connectivity index (χ3v) is 6.91. The van der Waals surface area contributed by atoms with Crippen molar-refractivity contribution in [2.75, 3.05) is 19.6 Å². The molecule has 1 atom stereocenters. The summed E-state index contributed by atoms with van der Waals surface area (Å²) < 4.78 is 13.6. The van der Waals surface area contributed by atoms with Gasteiger partial charge in [0.1, 0.15) is 12.4 Å². The maximum atomic E-state index is 13.6. The van der Waals surface area contributed by atoms with Crippen LogP contribution >= 0.6 is 11.3 Å². The Hall–Kier alpha value is -3.25. The van der Waals surface area contributed by atoms with Crippen LogP contribution < -0.4 is 0 Å². The van der Waals surface area contributed by atoms with Gasteiger partial charge in [0.15, 0.2) is 0 Å². The Balaban J connectivity index is 1.56. The van der Waals surface area contributed by atoms with Crippen molar-refractivity contribution in [1.82, 2.24) is 9.80 Å². The Morgan fingerprint density at radius 2 is 1.85 bits per heavy atom. The number of halogens is 1. The Morgan fingerprint density at radius 3 is 2.56 bits per heavy atom. The molecule has 0 radical (unpaired) electrons. The number of hydrogen-bond donors (Lipinski definition) is 0. The molecule has 6 heteroatoms. The van der Waals surface area contributed by atoms with Gasteiger partial charge in [0.25, 0.3) is 0 Å². The first-order valence-corrected chi connectivity index (χ1v) is 12.4. The molecule has 4 rings (SSSR count). The molecule has 1 aliphatic rings. The Labute approximate surface area is 204 Å². The van der Waals surface area contributed by atoms with E-state index in [1.54, 1.807) is 34.4 Å². The SMILES string of the molecule is CC(C)CN(CC(=O)N1CCc2sccc2C1c1ccc(F)cc1)C(=O)C=Cc1ccccc1. The number of fused-ring (bicyclic) bond motifs is 1. The molecule has 0 saturated heterocycles. The van der Waals surface area contributed by atoms with Gasteiger partial charge in [-0.05, 0) is 58.7 Å². The van der Waals surface area contributed by atoms with Gasteiger partial charge in [-0.1, -0.05) is 56.3 Å². The average Bonchev–Trinajstić information content (AvgIpc) is 3.31. The molecule has 3 aromatic rings. The Bertz CT molecular complexity index is 1150. The van der Waals surface area contributed by atoms with Crippen LogP contribution in [0.15, 0.2) is 72.1 Å². The van der Waals surface area contributed by atoms with Gasteiger partial charge in [0.2, 0.25) is 11.8 Å². The number of rotatable bonds is 7. The second kappa shape index (κ2) is 10.8. The highest BCUT2D eigenvalue weighted by Gasteiger charge is 2.33. The third kappa shape index (κ3) is 5.62. The second-order valence-corrected chi connectivity index (χ2v) is 9.95. The summed E-state index contributed by atoms with van der Waals surface area (Å²) >= 11 is 1.69. The van der Waals surface area contributed by atoms with Gasteiger partial charge in [-0.25, -0.2) is 4.39 Å². The molecule has 0 aliphatic carbocycles. The minimum absolute atomic E-state index is 0.00725. The van der Waals surface area contributed by atoms with Crippen LogP contribution in [0.4, 0.5) is 4.39 Å². The highest BCUT2D eigenvalue weighted by molar-refractivity contribution is 7.10. The largest absolute Gasteiger partial charge is 0.330 e. The van der Waals surface area contributed by atoms with E-state index >= 15 is 0 Å². The highest BCUT2D eigenvalue weighted by Crippen LogP contribution is 2.38. The normalized spacial score (nSPS) is 15.5. The van der Waals surface area contributed by atoms with Gasteiger partial charge < -0.3 is 9.80 Å². The molecule has 0 bridgehead atoms. The van der Waals surface area contributed by atoms with E-state index in [0.29, 0.717) is 13.1 Å². The molecule has 176 valence electrons. The summed E-state index contributed by atoms with van der Waals surface area (Å²) in [6.45, 7) is 5.13. The summed E-state index contributed by atoms with van der Waals surface area (Å²) in [5.74, 6) is -0.368. The number of hydrogen-bond acceptors (Lipinski definition) is 3. The first-order valence-electron chi connectivity index (χ1n) is 11.6. The fourth-order valence-electron chi connectivity index (χ4n) is 4.35. The standard InChI is InChI=1S/C28H29FN2O2S/c1-20(2)18-30(26(32)13-8-21-6-4-3-5-7-21)19-27(33)31-16-14-25-24(15-17-34-25)28(31)22-9-11-23(29)12-10-22/h3-13,15,17,20,28H,14,16,18-19H2,1-2H3. The van der Waals surface area contributed by atoms with Crippen LogP contribution in [0.5, 0.6) is 0 Å². The van der Waals surface area contributed by atoms with Crippen molar-refractivity contribution in [3.8, 4) is 0 Å². The van der Waals surface area contributed by atoms with Crippen LogP contribution in [0, 0.1) is 11.7 Å². The molecular formula is C28H29FN2O2S. The zero-order valence-electron chi connectivity index (χ0n) is 19.5. The molecule has 0 saturated carbocycles. The van der Waals surface area contributed by atoms with Crippen LogP contribution in [-0.4, -0.2) is 41.2 Å². The lowest BCUT2D eigenvalue weighted by Crippen LogP contribution is -2.47. The number of benzene rings is 2. The van der Waals surface area contributed by atoms with Crippen molar-refractivity contribution in [1.29, 1.82) is 0 Å². The summed E-state index contributed by atoms with van der Waals surface area (Å²) in [7, 11) is 0. The molecule has 0 fully saturated rings. The van der Waals surface area contributed by atoms with Crippen molar-refractivity contribution in [3.05, 3.63) is 99.5 Å². The van der Waals surface area contributed by atoms with Crippen LogP contribution in [0.2, 0.25) is 0 Å². The van der Waals surface area contributed by atoms with Crippen molar-refractivity contribution in [3.63, 3.8) is 0 Å². The number of carbonyl (C=O) groups is 2. The topological polar surface area (TPSA) is 40.6 Å². The maximum Gasteiger partial charge on any atom is 0.247 e. The summed E-state index contributed by atoms with van der Waals surface area (Å²) in [6.07, 6.45) is 4.10. The van der Waals surface area contributed by atoms with Gasteiger partial charge in [-0.15, -0.1) is 11.3 Å². The van der Waals surface area contributed by atoms with E-state index in [-0.39, 0.29) is 36.1 Å². The minimum atomic E-state index is -0.304. The van der Waals surface area contributed by atoms with Crippen LogP contribution in [0.3, 0.4) is 0 Å². The van der Waals surface area contributed by atoms with Gasteiger partial charge in [0, 0.05) is 24.0 Å². The molecule has 2 heterocycles. The van der Waals surface area contributed by atoms with E-state index in [1.807, 2.05) is 60.5 Å². The average molecular weight is 477 g/mol. The van der Waals surface area contributed by atoms with Crippen molar-refractivity contribution in [2.24, 2.45) is 5.92 Å². The molecule has 0 spiro atoms. The predicted octanol–water partition coefficient (Wildman–Crippen LogP) is 5.56.